The molecule has 98 valence electrons. The molecule has 0 saturated carbocycles. The first-order chi connectivity index (χ1) is 9.25. The smallest absolute Gasteiger partial charge is 0.194 e. The van der Waals surface area contributed by atoms with Crippen molar-refractivity contribution in [2.24, 2.45) is 16.9 Å². The minimum absolute atomic E-state index is 0.428. The molecule has 4 rings (SSSR count). The molecule has 3 aliphatic rings. The molecule has 19 heavy (non-hydrogen) atoms. The van der Waals surface area contributed by atoms with Crippen molar-refractivity contribution in [3.8, 4) is 0 Å². The van der Waals surface area contributed by atoms with Gasteiger partial charge in [0, 0.05) is 5.92 Å². The summed E-state index contributed by atoms with van der Waals surface area (Å²) >= 11 is 1.62. The van der Waals surface area contributed by atoms with Gasteiger partial charge in [0.15, 0.2) is 18.8 Å². The molecule has 1 aliphatic carbocycles. The predicted molar refractivity (Wildman–Crippen MR) is 80.3 cm³/mol. The highest BCUT2D eigenvalue weighted by Gasteiger charge is 2.55. The van der Waals surface area contributed by atoms with Gasteiger partial charge < -0.3 is 0 Å². The fourth-order valence-corrected chi connectivity index (χ4v) is 4.13. The van der Waals surface area contributed by atoms with Crippen molar-refractivity contribution >= 4 is 22.9 Å². The molecule has 3 nitrogen and oxygen atoms in total. The number of rotatable bonds is 2. The summed E-state index contributed by atoms with van der Waals surface area (Å²) < 4.78 is 5.22. The minimum Gasteiger partial charge on any atom is -0.194 e. The first kappa shape index (κ1) is 11.6. The lowest BCUT2D eigenvalue weighted by molar-refractivity contribution is 0.558. The van der Waals surface area contributed by atoms with Crippen molar-refractivity contribution in [3.05, 3.63) is 34.9 Å². The van der Waals surface area contributed by atoms with E-state index < -0.39 is 0 Å². The Labute approximate surface area is 117 Å². The van der Waals surface area contributed by atoms with Gasteiger partial charge in [-0.3, -0.25) is 0 Å². The van der Waals surface area contributed by atoms with E-state index in [9.17, 15) is 0 Å². The topological polar surface area (TPSA) is 25.2 Å². The van der Waals surface area contributed by atoms with E-state index in [1.807, 2.05) is 6.20 Å². The van der Waals surface area contributed by atoms with Crippen molar-refractivity contribution in [3.63, 3.8) is 0 Å². The zero-order valence-electron chi connectivity index (χ0n) is 11.3. The average molecular weight is 272 g/mol. The first-order valence-electron chi connectivity index (χ1n) is 7.05. The number of allylic oxidation sites excluding steroid dienone is 4. The second-order valence-electron chi connectivity index (χ2n) is 5.69. The highest BCUT2D eigenvalue weighted by Crippen LogP contribution is 2.46. The molecule has 2 atom stereocenters. The molecule has 1 aromatic heterocycles. The molecule has 4 heteroatoms. The number of quaternary nitrogens is 1. The Kier molecular flexibility index (Phi) is 2.35. The molecule has 2 aliphatic heterocycles. The van der Waals surface area contributed by atoms with Crippen molar-refractivity contribution in [2.75, 3.05) is 13.1 Å². The van der Waals surface area contributed by atoms with Gasteiger partial charge in [-0.15, -0.1) is 0 Å². The molecule has 3 heterocycles. The van der Waals surface area contributed by atoms with E-state index in [0.717, 1.165) is 24.1 Å². The van der Waals surface area contributed by atoms with Crippen LogP contribution in [0.4, 0.5) is 5.69 Å². The van der Waals surface area contributed by atoms with Crippen molar-refractivity contribution in [2.45, 2.75) is 20.3 Å². The quantitative estimate of drug-likeness (QED) is 0.599. The summed E-state index contributed by atoms with van der Waals surface area (Å²) in [6.45, 7) is 6.87. The zero-order chi connectivity index (χ0) is 13.0. The van der Waals surface area contributed by atoms with Gasteiger partial charge in [0.05, 0.1) is 0 Å². The highest BCUT2D eigenvalue weighted by molar-refractivity contribution is 7.09. The minimum atomic E-state index is 0.428. The van der Waals surface area contributed by atoms with Crippen LogP contribution >= 0.6 is 11.5 Å². The van der Waals surface area contributed by atoms with Gasteiger partial charge in [0.2, 0.25) is 0 Å². The third kappa shape index (κ3) is 1.53. The summed E-state index contributed by atoms with van der Waals surface area (Å²) in [5.74, 6) is 0.985. The van der Waals surface area contributed by atoms with Gasteiger partial charge >= 0.3 is 0 Å². The molecule has 1 aromatic rings. The van der Waals surface area contributed by atoms with Gasteiger partial charge in [-0.2, -0.15) is 8.97 Å². The summed E-state index contributed by atoms with van der Waals surface area (Å²) in [6, 6.07) is 0. The van der Waals surface area contributed by atoms with Gasteiger partial charge in [-0.1, -0.05) is 42.8 Å². The summed E-state index contributed by atoms with van der Waals surface area (Å²) in [6.07, 6.45) is 9.95. The number of aromatic nitrogens is 1. The van der Waals surface area contributed by atoms with E-state index in [2.05, 4.69) is 36.4 Å². The molecule has 0 N–H and O–H groups in total. The van der Waals surface area contributed by atoms with Crippen LogP contribution in [0, 0.1) is 11.8 Å². The molecule has 0 aromatic carbocycles. The summed E-state index contributed by atoms with van der Waals surface area (Å²) in [4.78, 5) is 1.33. The van der Waals surface area contributed by atoms with Crippen LogP contribution in [0.25, 0.3) is 0 Å². The monoisotopic (exact) mass is 272 g/mol. The molecule has 1 saturated heterocycles. The second-order valence-corrected chi connectivity index (χ2v) is 6.49. The van der Waals surface area contributed by atoms with Crippen LogP contribution < -0.4 is 4.59 Å². The SMILES string of the molecule is CCC1=CC=CC(C2=N[N+]3(CC3)c3cnsc32)C1C. The maximum absolute atomic E-state index is 5.05. The van der Waals surface area contributed by atoms with Crippen LogP contribution in [0.1, 0.15) is 25.1 Å². The fourth-order valence-electron chi connectivity index (χ4n) is 3.28. The highest BCUT2D eigenvalue weighted by atomic mass is 32.1. The maximum atomic E-state index is 5.05. The Morgan fingerprint density at radius 2 is 2.26 bits per heavy atom. The van der Waals surface area contributed by atoms with Crippen LogP contribution in [-0.2, 0) is 0 Å². The van der Waals surface area contributed by atoms with Gasteiger partial charge in [0.1, 0.15) is 16.8 Å². The first-order valence-corrected chi connectivity index (χ1v) is 7.82. The Balaban J connectivity index is 1.76. The molecule has 1 fully saturated rings. The van der Waals surface area contributed by atoms with Crippen LogP contribution in [-0.4, -0.2) is 23.2 Å². The summed E-state index contributed by atoms with van der Waals surface area (Å²) in [7, 11) is 0. The van der Waals surface area contributed by atoms with Crippen molar-refractivity contribution in [1.29, 1.82) is 0 Å². The molecule has 0 amide bonds. The summed E-state index contributed by atoms with van der Waals surface area (Å²) in [5, 5.41) is 5.05. The van der Waals surface area contributed by atoms with Crippen LogP contribution in [0.15, 0.2) is 35.1 Å². The van der Waals surface area contributed by atoms with Crippen LogP contribution in [0.5, 0.6) is 0 Å². The molecular weight excluding hydrogens is 254 g/mol. The van der Waals surface area contributed by atoms with E-state index in [1.54, 1.807) is 11.5 Å². The number of hydrogen-bond acceptors (Lipinski definition) is 3. The van der Waals surface area contributed by atoms with E-state index in [-0.39, 0.29) is 0 Å². The largest absolute Gasteiger partial charge is 0.200 e. The number of nitrogens with zero attached hydrogens (tertiary/aromatic N) is 3. The van der Waals surface area contributed by atoms with E-state index in [0.29, 0.717) is 11.8 Å². The lowest BCUT2D eigenvalue weighted by Gasteiger charge is -2.24. The van der Waals surface area contributed by atoms with Crippen molar-refractivity contribution in [1.82, 2.24) is 8.97 Å². The van der Waals surface area contributed by atoms with Crippen LogP contribution in [0.2, 0.25) is 0 Å². The molecule has 0 bridgehead atoms. The van der Waals surface area contributed by atoms with E-state index in [1.165, 1.54) is 21.8 Å². The number of hydrogen-bond donors (Lipinski definition) is 0. The third-order valence-corrected chi connectivity index (χ3v) is 5.47. The zero-order valence-corrected chi connectivity index (χ0v) is 12.2. The second kappa shape index (κ2) is 3.87. The number of fused-ring (bicyclic) bond motifs is 2. The molecule has 1 spiro atoms. The Morgan fingerprint density at radius 1 is 1.42 bits per heavy atom. The molecular formula is C15H18N3S+. The third-order valence-electron chi connectivity index (χ3n) is 4.66. The Hall–Kier alpha value is -1.26. The van der Waals surface area contributed by atoms with Gasteiger partial charge in [-0.25, -0.2) is 0 Å². The van der Waals surface area contributed by atoms with Gasteiger partial charge in [-0.05, 0) is 23.9 Å². The van der Waals surface area contributed by atoms with Crippen LogP contribution in [0.3, 0.4) is 0 Å². The van der Waals surface area contributed by atoms with Gasteiger partial charge in [0.25, 0.3) is 0 Å². The predicted octanol–water partition coefficient (Wildman–Crippen LogP) is 3.34. The molecule has 0 radical (unpaired) electrons. The Morgan fingerprint density at radius 3 is 3.00 bits per heavy atom. The lowest BCUT2D eigenvalue weighted by atomic mass is 9.79. The Bertz CT molecular complexity index is 619. The van der Waals surface area contributed by atoms with E-state index in [4.69, 9.17) is 5.10 Å². The average Bonchev–Trinajstić information content (AvgIpc) is 2.92. The molecule has 2 unspecified atom stereocenters. The maximum Gasteiger partial charge on any atom is 0.200 e. The standard InChI is InChI=1S/C15H18N3S/c1-3-11-5-4-6-12(10(11)2)14-15-13(9-16-19-15)18(17-14)7-8-18/h4-6,9-10,12H,3,7-8H2,1-2H3/q+1. The normalized spacial score (nSPS) is 30.2. The lowest BCUT2D eigenvalue weighted by Crippen LogP contribution is -2.23. The van der Waals surface area contributed by atoms with E-state index >= 15 is 0 Å². The summed E-state index contributed by atoms with van der Waals surface area (Å²) in [5.41, 5.74) is 4.15. The van der Waals surface area contributed by atoms with Crippen molar-refractivity contribution < 1.29 is 0 Å². The fraction of sp³-hybridized carbons (Fsp3) is 0.467.